The first-order chi connectivity index (χ1) is 13.2. The van der Waals surface area contributed by atoms with Crippen LogP contribution in [-0.2, 0) is 17.9 Å². The van der Waals surface area contributed by atoms with E-state index in [4.69, 9.17) is 4.74 Å². The van der Waals surface area contributed by atoms with Gasteiger partial charge in [-0.25, -0.2) is 0 Å². The fourth-order valence-corrected chi connectivity index (χ4v) is 2.64. The first kappa shape index (κ1) is 21.6. The standard InChI is InChI=1S/C20H23F3N2O3/c1-14(19(26)24-12-15-8-4-6-10-17(15)27-3)25(2)13-16-9-5-7-11-18(16)28-20(21,22)23/h4-11,14H,12-13H2,1-3H3,(H,24,26). The van der Waals surface area contributed by atoms with E-state index < -0.39 is 12.4 Å². The fraction of sp³-hybridized carbons (Fsp3) is 0.350. The summed E-state index contributed by atoms with van der Waals surface area (Å²) in [4.78, 5) is 14.1. The van der Waals surface area contributed by atoms with Crippen molar-refractivity contribution in [3.05, 3.63) is 59.7 Å². The SMILES string of the molecule is COc1ccccc1CNC(=O)C(C)N(C)Cc1ccccc1OC(F)(F)F. The van der Waals surface area contributed by atoms with E-state index in [0.717, 1.165) is 5.56 Å². The summed E-state index contributed by atoms with van der Waals surface area (Å²) in [6.45, 7) is 2.09. The van der Waals surface area contributed by atoms with Gasteiger partial charge >= 0.3 is 6.36 Å². The van der Waals surface area contributed by atoms with Crippen molar-refractivity contribution in [3.63, 3.8) is 0 Å². The van der Waals surface area contributed by atoms with Gasteiger partial charge in [0.15, 0.2) is 0 Å². The van der Waals surface area contributed by atoms with Crippen molar-refractivity contribution in [1.29, 1.82) is 0 Å². The molecule has 0 aliphatic heterocycles. The van der Waals surface area contributed by atoms with Crippen molar-refractivity contribution in [3.8, 4) is 11.5 Å². The molecular formula is C20H23F3N2O3. The van der Waals surface area contributed by atoms with E-state index in [9.17, 15) is 18.0 Å². The lowest BCUT2D eigenvalue weighted by molar-refractivity contribution is -0.275. The zero-order valence-electron chi connectivity index (χ0n) is 15.9. The average Bonchev–Trinajstić information content (AvgIpc) is 2.66. The van der Waals surface area contributed by atoms with Crippen LogP contribution in [0.2, 0.25) is 0 Å². The van der Waals surface area contributed by atoms with E-state index >= 15 is 0 Å². The predicted molar refractivity (Wildman–Crippen MR) is 98.9 cm³/mol. The van der Waals surface area contributed by atoms with Crippen LogP contribution in [0.15, 0.2) is 48.5 Å². The number of hydrogen-bond donors (Lipinski definition) is 1. The van der Waals surface area contributed by atoms with Crippen LogP contribution >= 0.6 is 0 Å². The number of amides is 1. The van der Waals surface area contributed by atoms with Crippen molar-refractivity contribution >= 4 is 5.91 Å². The van der Waals surface area contributed by atoms with Gasteiger partial charge in [-0.05, 0) is 26.1 Å². The molecule has 0 saturated carbocycles. The molecule has 0 aromatic heterocycles. The molecule has 0 fully saturated rings. The van der Waals surface area contributed by atoms with Crippen LogP contribution in [0, 0.1) is 0 Å². The lowest BCUT2D eigenvalue weighted by Gasteiger charge is -2.25. The van der Waals surface area contributed by atoms with Crippen molar-refractivity contribution in [2.45, 2.75) is 32.4 Å². The van der Waals surface area contributed by atoms with E-state index in [0.29, 0.717) is 11.3 Å². The smallest absolute Gasteiger partial charge is 0.496 e. The minimum absolute atomic E-state index is 0.121. The van der Waals surface area contributed by atoms with Crippen LogP contribution in [0.3, 0.4) is 0 Å². The van der Waals surface area contributed by atoms with Crippen LogP contribution in [0.4, 0.5) is 13.2 Å². The number of carbonyl (C=O) groups is 1. The first-order valence-corrected chi connectivity index (χ1v) is 8.64. The number of halogens is 3. The van der Waals surface area contributed by atoms with Crippen LogP contribution in [0.1, 0.15) is 18.1 Å². The van der Waals surface area contributed by atoms with Gasteiger partial charge in [-0.1, -0.05) is 36.4 Å². The van der Waals surface area contributed by atoms with Gasteiger partial charge in [0, 0.05) is 24.2 Å². The number of methoxy groups -OCH3 is 1. The lowest BCUT2D eigenvalue weighted by Crippen LogP contribution is -2.42. The normalized spacial score (nSPS) is 12.5. The van der Waals surface area contributed by atoms with Gasteiger partial charge in [0.25, 0.3) is 0 Å². The average molecular weight is 396 g/mol. The van der Waals surface area contributed by atoms with Gasteiger partial charge < -0.3 is 14.8 Å². The quantitative estimate of drug-likeness (QED) is 0.739. The maximum atomic E-state index is 12.6. The van der Waals surface area contributed by atoms with Crippen LogP contribution in [0.5, 0.6) is 11.5 Å². The van der Waals surface area contributed by atoms with Crippen molar-refractivity contribution in [2.75, 3.05) is 14.2 Å². The number of carbonyl (C=O) groups excluding carboxylic acids is 1. The third-order valence-electron chi connectivity index (χ3n) is 4.30. The molecule has 1 N–H and O–H groups in total. The molecular weight excluding hydrogens is 373 g/mol. The highest BCUT2D eigenvalue weighted by Gasteiger charge is 2.32. The molecule has 2 aromatic carbocycles. The summed E-state index contributed by atoms with van der Waals surface area (Å²) in [6.07, 6.45) is -4.77. The Balaban J connectivity index is 1.99. The molecule has 1 atom stereocenters. The third-order valence-corrected chi connectivity index (χ3v) is 4.30. The Morgan fingerprint density at radius 3 is 2.25 bits per heavy atom. The number of hydrogen-bond acceptors (Lipinski definition) is 4. The molecule has 8 heteroatoms. The number of nitrogens with one attached hydrogen (secondary N) is 1. The number of benzene rings is 2. The third kappa shape index (κ3) is 6.16. The van der Waals surface area contributed by atoms with Gasteiger partial charge in [-0.15, -0.1) is 13.2 Å². The second-order valence-corrected chi connectivity index (χ2v) is 6.28. The van der Waals surface area contributed by atoms with Crippen molar-refractivity contribution in [1.82, 2.24) is 10.2 Å². The van der Waals surface area contributed by atoms with E-state index in [-0.39, 0.29) is 24.7 Å². The lowest BCUT2D eigenvalue weighted by atomic mass is 10.1. The zero-order chi connectivity index (χ0) is 20.7. The summed E-state index contributed by atoms with van der Waals surface area (Å²) in [5, 5.41) is 2.82. The van der Waals surface area contributed by atoms with E-state index in [1.165, 1.54) is 18.2 Å². The number of nitrogens with zero attached hydrogens (tertiary/aromatic N) is 1. The molecule has 0 spiro atoms. The Hall–Kier alpha value is -2.74. The van der Waals surface area contributed by atoms with Crippen LogP contribution in [-0.4, -0.2) is 37.4 Å². The second-order valence-electron chi connectivity index (χ2n) is 6.28. The maximum absolute atomic E-state index is 12.6. The minimum atomic E-state index is -4.77. The van der Waals surface area contributed by atoms with Gasteiger partial charge in [0.05, 0.1) is 13.2 Å². The largest absolute Gasteiger partial charge is 0.573 e. The molecule has 0 heterocycles. The number of likely N-dealkylation sites (N-methyl/N-ethyl adjacent to an activating group) is 1. The molecule has 1 amide bonds. The monoisotopic (exact) mass is 396 g/mol. The van der Waals surface area contributed by atoms with Crippen molar-refractivity contribution < 1.29 is 27.4 Å². The van der Waals surface area contributed by atoms with Gasteiger partial charge in [-0.2, -0.15) is 0 Å². The molecule has 2 aromatic rings. The molecule has 1 unspecified atom stereocenters. The Kier molecular flexibility index (Phi) is 7.28. The number of para-hydroxylation sites is 2. The molecule has 0 radical (unpaired) electrons. The minimum Gasteiger partial charge on any atom is -0.496 e. The Labute approximate surface area is 162 Å². The topological polar surface area (TPSA) is 50.8 Å². The number of ether oxygens (including phenoxy) is 2. The highest BCUT2D eigenvalue weighted by atomic mass is 19.4. The molecule has 0 aliphatic carbocycles. The molecule has 0 bridgehead atoms. The maximum Gasteiger partial charge on any atom is 0.573 e. The summed E-state index contributed by atoms with van der Waals surface area (Å²) in [5.41, 5.74) is 1.17. The molecule has 5 nitrogen and oxygen atoms in total. The Morgan fingerprint density at radius 2 is 1.64 bits per heavy atom. The van der Waals surface area contributed by atoms with Gasteiger partial charge in [0.1, 0.15) is 11.5 Å². The Bertz CT molecular complexity index is 796. The molecule has 2 rings (SSSR count). The van der Waals surface area contributed by atoms with Crippen LogP contribution < -0.4 is 14.8 Å². The first-order valence-electron chi connectivity index (χ1n) is 8.64. The number of rotatable bonds is 8. The molecule has 0 saturated heterocycles. The summed E-state index contributed by atoms with van der Waals surface area (Å²) >= 11 is 0. The van der Waals surface area contributed by atoms with E-state index in [2.05, 4.69) is 10.1 Å². The second kappa shape index (κ2) is 9.45. The summed E-state index contributed by atoms with van der Waals surface area (Å²) < 4.78 is 47.0. The molecule has 152 valence electrons. The van der Waals surface area contributed by atoms with E-state index in [1.807, 2.05) is 18.2 Å². The molecule has 28 heavy (non-hydrogen) atoms. The fourth-order valence-electron chi connectivity index (χ4n) is 2.64. The molecule has 0 aliphatic rings. The van der Waals surface area contributed by atoms with Gasteiger partial charge in [-0.3, -0.25) is 9.69 Å². The highest BCUT2D eigenvalue weighted by Crippen LogP contribution is 2.27. The zero-order valence-corrected chi connectivity index (χ0v) is 15.9. The summed E-state index contributed by atoms with van der Waals surface area (Å²) in [6, 6.07) is 12.6. The summed E-state index contributed by atoms with van der Waals surface area (Å²) in [7, 11) is 3.22. The highest BCUT2D eigenvalue weighted by molar-refractivity contribution is 5.81. The Morgan fingerprint density at radius 1 is 1.07 bits per heavy atom. The van der Waals surface area contributed by atoms with Crippen LogP contribution in [0.25, 0.3) is 0 Å². The van der Waals surface area contributed by atoms with E-state index in [1.54, 1.807) is 38.1 Å². The number of alkyl halides is 3. The predicted octanol–water partition coefficient (Wildman–Crippen LogP) is 3.73. The van der Waals surface area contributed by atoms with Gasteiger partial charge in [0.2, 0.25) is 5.91 Å². The van der Waals surface area contributed by atoms with Crippen molar-refractivity contribution in [2.24, 2.45) is 0 Å². The summed E-state index contributed by atoms with van der Waals surface area (Å²) in [5.74, 6) is 0.146.